The van der Waals surface area contributed by atoms with Gasteiger partial charge in [-0.1, -0.05) is 0 Å². The van der Waals surface area contributed by atoms with E-state index < -0.39 is 28.4 Å². The lowest BCUT2D eigenvalue weighted by Crippen LogP contribution is -2.22. The molecule has 174 valence electrons. The van der Waals surface area contributed by atoms with Crippen molar-refractivity contribution in [2.45, 2.75) is 80.4 Å². The Kier molecular flexibility index (Phi) is 6.41. The van der Waals surface area contributed by atoms with E-state index in [1.807, 2.05) is 0 Å². The molecule has 1 unspecified atom stereocenters. The zero-order chi connectivity index (χ0) is 23.2. The van der Waals surface area contributed by atoms with Gasteiger partial charge >= 0.3 is 6.03 Å². The number of halogens is 1. The van der Waals surface area contributed by atoms with Crippen LogP contribution in [0.3, 0.4) is 0 Å². The molecule has 7 nitrogen and oxygen atoms in total. The van der Waals surface area contributed by atoms with Gasteiger partial charge in [-0.05, 0) is 70.3 Å². The van der Waals surface area contributed by atoms with Gasteiger partial charge in [0.1, 0.15) is 15.2 Å². The van der Waals surface area contributed by atoms with E-state index in [9.17, 15) is 18.5 Å². The lowest BCUT2D eigenvalue weighted by Gasteiger charge is -2.18. The number of primary amides is 1. The Morgan fingerprint density at radius 3 is 2.41 bits per heavy atom. The first-order valence-corrected chi connectivity index (χ1v) is 12.9. The SMILES string of the molecule is CC(C)(O)c1csc(S(N)=O)c1F.NC(=O)Nc1c2c(nc(C3CC3)c1C1CC1)CCC2. The first kappa shape index (κ1) is 23.3. The summed E-state index contributed by atoms with van der Waals surface area (Å²) >= 11 is 0.951. The van der Waals surface area contributed by atoms with Gasteiger partial charge in [-0.25, -0.2) is 18.5 Å². The van der Waals surface area contributed by atoms with Crippen LogP contribution in [0.4, 0.5) is 14.9 Å². The van der Waals surface area contributed by atoms with Crippen LogP contribution in [0, 0.1) is 5.82 Å². The summed E-state index contributed by atoms with van der Waals surface area (Å²) in [5, 5.41) is 18.9. The van der Waals surface area contributed by atoms with Gasteiger partial charge in [0.2, 0.25) is 0 Å². The Hall–Kier alpha value is -1.88. The van der Waals surface area contributed by atoms with Crippen molar-refractivity contribution in [1.82, 2.24) is 4.98 Å². The van der Waals surface area contributed by atoms with Gasteiger partial charge in [0, 0.05) is 33.8 Å². The highest BCUT2D eigenvalue weighted by Crippen LogP contribution is 2.52. The molecule has 32 heavy (non-hydrogen) atoms. The molecule has 2 fully saturated rings. The molecule has 2 aromatic rings. The number of carbonyl (C=O) groups excluding carboxylic acids is 1. The molecule has 2 heterocycles. The number of carbonyl (C=O) groups is 1. The normalized spacial score (nSPS) is 18.5. The first-order valence-electron chi connectivity index (χ1n) is 10.9. The lowest BCUT2D eigenvalue weighted by atomic mass is 9.98. The molecule has 0 radical (unpaired) electrons. The number of anilines is 1. The summed E-state index contributed by atoms with van der Waals surface area (Å²) in [6.45, 7) is 2.92. The average molecular weight is 481 g/mol. The number of aliphatic hydroxyl groups is 1. The molecular formula is C22H29FN4O3S2. The van der Waals surface area contributed by atoms with Crippen LogP contribution >= 0.6 is 11.3 Å². The molecule has 2 aromatic heterocycles. The van der Waals surface area contributed by atoms with Gasteiger partial charge in [0.25, 0.3) is 0 Å². The third kappa shape index (κ3) is 4.88. The van der Waals surface area contributed by atoms with Crippen LogP contribution in [0.1, 0.15) is 85.9 Å². The zero-order valence-corrected chi connectivity index (χ0v) is 19.9. The van der Waals surface area contributed by atoms with Crippen LogP contribution in [0.5, 0.6) is 0 Å². The van der Waals surface area contributed by atoms with Gasteiger partial charge in [0.15, 0.2) is 5.82 Å². The van der Waals surface area contributed by atoms with Crippen LogP contribution in [0.15, 0.2) is 9.59 Å². The van der Waals surface area contributed by atoms with Gasteiger partial charge in [-0.3, -0.25) is 4.98 Å². The van der Waals surface area contributed by atoms with Gasteiger partial charge < -0.3 is 16.2 Å². The van der Waals surface area contributed by atoms with Gasteiger partial charge in [-0.2, -0.15) is 0 Å². The Labute approximate surface area is 193 Å². The number of thiophene rings is 1. The molecule has 0 spiro atoms. The van der Waals surface area contributed by atoms with E-state index in [0.29, 0.717) is 11.8 Å². The number of urea groups is 1. The summed E-state index contributed by atoms with van der Waals surface area (Å²) in [6, 6.07) is -0.441. The molecular weight excluding hydrogens is 451 g/mol. The second-order valence-corrected chi connectivity index (χ2v) is 11.4. The van der Waals surface area contributed by atoms with Crippen molar-refractivity contribution < 1.29 is 18.5 Å². The molecule has 2 amide bonds. The standard InChI is InChI=1S/C15H19N3O.C7H10FNO2S2/c16-15(19)18-14-10-2-1-3-11(10)17-13(9-6-7-9)12(14)8-4-5-8;1-7(2,10)4-3-12-6(5(4)8)13(9)11/h8-9H,1-7H2,(H3,16,17,18,19);3,10H,9H2,1-2H3. The Bertz CT molecular complexity index is 1070. The highest BCUT2D eigenvalue weighted by Gasteiger charge is 2.38. The second kappa shape index (κ2) is 8.81. The maximum absolute atomic E-state index is 13.4. The van der Waals surface area contributed by atoms with Crippen molar-refractivity contribution >= 4 is 34.0 Å². The number of nitrogens with one attached hydrogen (secondary N) is 1. The smallest absolute Gasteiger partial charge is 0.316 e. The van der Waals surface area contributed by atoms with Crippen molar-refractivity contribution in [3.8, 4) is 0 Å². The number of fused-ring (bicyclic) bond motifs is 1. The Morgan fingerprint density at radius 1 is 1.28 bits per heavy atom. The van der Waals surface area contributed by atoms with Crippen molar-refractivity contribution in [2.24, 2.45) is 10.9 Å². The van der Waals surface area contributed by atoms with Crippen LogP contribution in [-0.4, -0.2) is 20.3 Å². The second-order valence-electron chi connectivity index (χ2n) is 9.21. The van der Waals surface area contributed by atoms with E-state index in [1.165, 1.54) is 67.4 Å². The largest absolute Gasteiger partial charge is 0.386 e. The topological polar surface area (TPSA) is 131 Å². The number of aryl methyl sites for hydroxylation is 1. The molecule has 5 rings (SSSR count). The van der Waals surface area contributed by atoms with Crippen LogP contribution < -0.4 is 16.2 Å². The molecule has 1 atom stereocenters. The number of pyridine rings is 1. The molecule has 0 aromatic carbocycles. The number of hydrogen-bond acceptors (Lipinski definition) is 5. The summed E-state index contributed by atoms with van der Waals surface area (Å²) in [7, 11) is -1.82. The third-order valence-corrected chi connectivity index (χ3v) is 8.10. The third-order valence-electron chi connectivity index (χ3n) is 6.03. The predicted molar refractivity (Wildman–Crippen MR) is 124 cm³/mol. The lowest BCUT2D eigenvalue weighted by molar-refractivity contribution is 0.0748. The molecule has 3 aliphatic carbocycles. The number of hydrogen-bond donors (Lipinski definition) is 4. The van der Waals surface area contributed by atoms with Crippen molar-refractivity contribution in [3.63, 3.8) is 0 Å². The minimum atomic E-state index is -1.82. The molecule has 3 aliphatic rings. The van der Waals surface area contributed by atoms with Crippen molar-refractivity contribution in [2.75, 3.05) is 5.32 Å². The van der Waals surface area contributed by atoms with Crippen molar-refractivity contribution in [3.05, 3.63) is 39.3 Å². The fourth-order valence-electron chi connectivity index (χ4n) is 4.21. The van der Waals surface area contributed by atoms with Crippen LogP contribution in [0.2, 0.25) is 0 Å². The molecule has 2 saturated carbocycles. The molecule has 0 bridgehead atoms. The minimum Gasteiger partial charge on any atom is -0.386 e. The molecule has 10 heteroatoms. The quantitative estimate of drug-likeness (QED) is 0.516. The summed E-state index contributed by atoms with van der Waals surface area (Å²) in [4.78, 5) is 16.3. The number of rotatable bonds is 5. The average Bonchev–Trinajstić information content (AvgIpc) is 3.61. The van der Waals surface area contributed by atoms with Gasteiger partial charge in [0.05, 0.1) is 11.3 Å². The molecule has 6 N–H and O–H groups in total. The highest BCUT2D eigenvalue weighted by atomic mass is 32.2. The van der Waals surface area contributed by atoms with E-state index in [0.717, 1.165) is 36.3 Å². The van der Waals surface area contributed by atoms with E-state index >= 15 is 0 Å². The van der Waals surface area contributed by atoms with E-state index in [1.54, 1.807) is 0 Å². The summed E-state index contributed by atoms with van der Waals surface area (Å²) in [5.41, 5.74) is 10.3. The minimum absolute atomic E-state index is 0.0304. The maximum Gasteiger partial charge on any atom is 0.316 e. The summed E-state index contributed by atoms with van der Waals surface area (Å²) < 4.78 is 24.1. The maximum atomic E-state index is 13.4. The fourth-order valence-corrected chi connectivity index (χ4v) is 5.85. The first-order chi connectivity index (χ1) is 15.1. The zero-order valence-electron chi connectivity index (χ0n) is 18.2. The number of nitrogens with two attached hydrogens (primary N) is 2. The van der Waals surface area contributed by atoms with Crippen molar-refractivity contribution in [1.29, 1.82) is 0 Å². The monoisotopic (exact) mass is 480 g/mol. The number of amides is 2. The van der Waals surface area contributed by atoms with E-state index in [4.69, 9.17) is 15.9 Å². The van der Waals surface area contributed by atoms with E-state index in [2.05, 4.69) is 5.32 Å². The van der Waals surface area contributed by atoms with E-state index in [-0.39, 0.29) is 9.77 Å². The molecule has 0 aliphatic heterocycles. The van der Waals surface area contributed by atoms with Crippen LogP contribution in [-0.2, 0) is 29.4 Å². The number of aromatic nitrogens is 1. The summed E-state index contributed by atoms with van der Waals surface area (Å²) in [6.07, 6.45) is 8.19. The van der Waals surface area contributed by atoms with Crippen LogP contribution in [0.25, 0.3) is 0 Å². The Balaban J connectivity index is 0.000000166. The van der Waals surface area contributed by atoms with Gasteiger partial charge in [-0.15, -0.1) is 11.3 Å². The Morgan fingerprint density at radius 2 is 1.94 bits per heavy atom. The molecule has 0 saturated heterocycles. The highest BCUT2D eigenvalue weighted by molar-refractivity contribution is 7.85. The predicted octanol–water partition coefficient (Wildman–Crippen LogP) is 3.91. The summed E-state index contributed by atoms with van der Waals surface area (Å²) in [5.74, 6) is 0.573. The number of nitrogens with zero attached hydrogens (tertiary/aromatic N) is 1. The fraction of sp³-hybridized carbons (Fsp3) is 0.545.